The van der Waals surface area contributed by atoms with E-state index in [0.29, 0.717) is 27.6 Å². The third-order valence-electron chi connectivity index (χ3n) is 6.96. The number of carbonyl (C=O) groups is 1. The largest absolute Gasteiger partial charge is 0.456 e. The SMILES string of the molecule is O=C1CO[C@H]2[C@@H]1OC[C@H]2Oc1nc2nc(-c3ccc(-n4cc5c(n4)CN(CC(F)(F)F)C5)cc3)c(Cl)cc2[nH]1. The Bertz CT molecular complexity index is 1560. The summed E-state index contributed by atoms with van der Waals surface area (Å²) in [4.78, 5) is 25.2. The molecule has 0 unspecified atom stereocenters. The summed E-state index contributed by atoms with van der Waals surface area (Å²) in [6.07, 6.45) is -4.02. The molecular formula is C25H20ClF3N6O4. The lowest BCUT2D eigenvalue weighted by atomic mass is 10.1. The zero-order valence-corrected chi connectivity index (χ0v) is 20.9. The van der Waals surface area contributed by atoms with Crippen molar-refractivity contribution in [2.75, 3.05) is 19.8 Å². The Hall–Kier alpha value is -3.52. The fourth-order valence-corrected chi connectivity index (χ4v) is 5.46. The van der Waals surface area contributed by atoms with Crippen LogP contribution in [0, 0.1) is 0 Å². The average Bonchev–Trinajstić information content (AvgIpc) is 3.67. The summed E-state index contributed by atoms with van der Waals surface area (Å²) in [6.45, 7) is -0.352. The second kappa shape index (κ2) is 9.01. The molecule has 202 valence electrons. The Morgan fingerprint density at radius 1 is 1.15 bits per heavy atom. The fraction of sp³-hybridized carbons (Fsp3) is 0.360. The Labute approximate surface area is 223 Å². The number of hydrogen-bond acceptors (Lipinski definition) is 8. The number of aromatic nitrogens is 5. The predicted octanol–water partition coefficient (Wildman–Crippen LogP) is 3.46. The molecule has 1 aromatic carbocycles. The van der Waals surface area contributed by atoms with Crippen molar-refractivity contribution in [2.24, 2.45) is 0 Å². The molecule has 2 saturated heterocycles. The summed E-state index contributed by atoms with van der Waals surface area (Å²) < 4.78 is 56.7. The third-order valence-corrected chi connectivity index (χ3v) is 7.25. The molecular weight excluding hydrogens is 541 g/mol. The van der Waals surface area contributed by atoms with E-state index in [4.69, 9.17) is 25.8 Å². The molecule has 3 aliphatic heterocycles. The first-order valence-corrected chi connectivity index (χ1v) is 12.5. The number of nitrogens with zero attached hydrogens (tertiary/aromatic N) is 5. The lowest BCUT2D eigenvalue weighted by molar-refractivity contribution is -0.147. The molecule has 0 amide bonds. The van der Waals surface area contributed by atoms with E-state index in [0.717, 1.165) is 16.8 Å². The van der Waals surface area contributed by atoms with Gasteiger partial charge in [-0.1, -0.05) is 23.7 Å². The molecule has 3 aliphatic rings. The Balaban J connectivity index is 1.08. The van der Waals surface area contributed by atoms with Gasteiger partial charge in [0, 0.05) is 30.4 Å². The van der Waals surface area contributed by atoms with Crippen LogP contribution in [-0.4, -0.2) is 79.7 Å². The minimum atomic E-state index is -4.24. The van der Waals surface area contributed by atoms with Gasteiger partial charge in [0.1, 0.15) is 18.8 Å². The second-order valence-corrected chi connectivity index (χ2v) is 10.1. The number of hydrogen-bond donors (Lipinski definition) is 1. The molecule has 0 bridgehead atoms. The van der Waals surface area contributed by atoms with Crippen LogP contribution in [-0.2, 0) is 27.4 Å². The molecule has 14 heteroatoms. The number of alkyl halides is 3. The van der Waals surface area contributed by atoms with E-state index in [1.807, 2.05) is 24.3 Å². The molecule has 10 nitrogen and oxygen atoms in total. The number of imidazole rings is 1. The lowest BCUT2D eigenvalue weighted by Gasteiger charge is -2.17. The van der Waals surface area contributed by atoms with Crippen LogP contribution in [0.3, 0.4) is 0 Å². The number of halogens is 4. The van der Waals surface area contributed by atoms with E-state index >= 15 is 0 Å². The number of carbonyl (C=O) groups excluding carboxylic acids is 1. The molecule has 7 rings (SSSR count). The summed E-state index contributed by atoms with van der Waals surface area (Å²) in [5.41, 5.74) is 4.43. The van der Waals surface area contributed by atoms with E-state index in [1.54, 1.807) is 16.9 Å². The fourth-order valence-electron chi connectivity index (χ4n) is 5.20. The van der Waals surface area contributed by atoms with Crippen LogP contribution >= 0.6 is 11.6 Å². The highest BCUT2D eigenvalue weighted by Gasteiger charge is 2.48. The van der Waals surface area contributed by atoms with Gasteiger partial charge in [-0.25, -0.2) is 9.67 Å². The first kappa shape index (κ1) is 24.5. The van der Waals surface area contributed by atoms with Crippen LogP contribution < -0.4 is 4.74 Å². The number of fused-ring (bicyclic) bond motifs is 3. The number of H-pyrrole nitrogens is 1. The zero-order chi connectivity index (χ0) is 26.9. The number of ether oxygens (including phenoxy) is 3. The minimum absolute atomic E-state index is 0.0118. The highest BCUT2D eigenvalue weighted by atomic mass is 35.5. The summed E-state index contributed by atoms with van der Waals surface area (Å²) in [6, 6.07) is 9.29. The summed E-state index contributed by atoms with van der Waals surface area (Å²) in [5, 5.41) is 4.88. The average molecular weight is 561 g/mol. The van der Waals surface area contributed by atoms with Crippen molar-refractivity contribution in [3.8, 4) is 23.0 Å². The maximum Gasteiger partial charge on any atom is 0.401 e. The molecule has 3 atom stereocenters. The van der Waals surface area contributed by atoms with Crippen LogP contribution in [0.5, 0.6) is 6.01 Å². The molecule has 0 radical (unpaired) electrons. The molecule has 0 aliphatic carbocycles. The van der Waals surface area contributed by atoms with Gasteiger partial charge < -0.3 is 19.2 Å². The van der Waals surface area contributed by atoms with Gasteiger partial charge in [-0.2, -0.15) is 23.3 Å². The Kier molecular flexibility index (Phi) is 5.67. The molecule has 0 saturated carbocycles. The third kappa shape index (κ3) is 4.54. The van der Waals surface area contributed by atoms with Gasteiger partial charge in [-0.3, -0.25) is 9.69 Å². The number of ketones is 1. The first-order chi connectivity index (χ1) is 18.7. The van der Waals surface area contributed by atoms with Gasteiger partial charge in [-0.05, 0) is 18.2 Å². The van der Waals surface area contributed by atoms with Crippen molar-refractivity contribution in [1.82, 2.24) is 29.6 Å². The van der Waals surface area contributed by atoms with E-state index in [1.165, 1.54) is 4.90 Å². The smallest absolute Gasteiger partial charge is 0.401 e. The summed E-state index contributed by atoms with van der Waals surface area (Å²) >= 11 is 6.54. The predicted molar refractivity (Wildman–Crippen MR) is 131 cm³/mol. The summed E-state index contributed by atoms with van der Waals surface area (Å²) in [7, 11) is 0. The minimum Gasteiger partial charge on any atom is -0.456 e. The topological polar surface area (TPSA) is 107 Å². The van der Waals surface area contributed by atoms with Gasteiger partial charge in [0.25, 0.3) is 6.01 Å². The van der Waals surface area contributed by atoms with Crippen molar-refractivity contribution in [1.29, 1.82) is 0 Å². The standard InChI is InChI=1S/C25H20ClF3N6O4/c26-15-5-16-23(32-24(30-16)39-19-10-38-21-18(36)9-37-22(19)21)31-20(15)12-1-3-14(4-2-12)35-7-13-6-34(8-17(13)33-35)11-25(27,28)29/h1-5,7,19,21-22H,6,8-11H2,(H,30,31,32)/t19-,21-,22-/m1/s1. The number of aromatic amines is 1. The lowest BCUT2D eigenvalue weighted by Crippen LogP contribution is -2.33. The van der Waals surface area contributed by atoms with Crippen molar-refractivity contribution in [2.45, 2.75) is 37.6 Å². The molecule has 4 aromatic rings. The number of rotatable bonds is 5. The van der Waals surface area contributed by atoms with E-state index in [9.17, 15) is 18.0 Å². The Morgan fingerprint density at radius 3 is 2.74 bits per heavy atom. The van der Waals surface area contributed by atoms with Gasteiger partial charge in [0.05, 0.1) is 40.8 Å². The van der Waals surface area contributed by atoms with Crippen molar-refractivity contribution < 1.29 is 32.2 Å². The maximum atomic E-state index is 12.7. The highest BCUT2D eigenvalue weighted by molar-refractivity contribution is 6.33. The van der Waals surface area contributed by atoms with Gasteiger partial charge in [0.15, 0.2) is 17.5 Å². The van der Waals surface area contributed by atoms with Gasteiger partial charge in [0.2, 0.25) is 0 Å². The number of Topliss-reactive ketones (excluding diaryl/α,β-unsaturated/α-hetero) is 1. The quantitative estimate of drug-likeness (QED) is 0.395. The molecule has 1 N–H and O–H groups in total. The molecule has 39 heavy (non-hydrogen) atoms. The van der Waals surface area contributed by atoms with Gasteiger partial charge in [-0.15, -0.1) is 0 Å². The van der Waals surface area contributed by atoms with Crippen LogP contribution in [0.25, 0.3) is 28.1 Å². The Morgan fingerprint density at radius 2 is 1.97 bits per heavy atom. The van der Waals surface area contributed by atoms with Crippen molar-refractivity contribution in [3.05, 3.63) is 52.8 Å². The van der Waals surface area contributed by atoms with E-state index < -0.39 is 31.0 Å². The normalized spacial score (nSPS) is 23.1. The van der Waals surface area contributed by atoms with Crippen molar-refractivity contribution in [3.63, 3.8) is 0 Å². The molecule has 2 fully saturated rings. The van der Waals surface area contributed by atoms with Crippen LogP contribution in [0.2, 0.25) is 5.02 Å². The molecule has 3 aromatic heterocycles. The maximum absolute atomic E-state index is 12.7. The number of nitrogens with one attached hydrogen (secondary N) is 1. The zero-order valence-electron chi connectivity index (χ0n) is 20.1. The van der Waals surface area contributed by atoms with Crippen LogP contribution in [0.1, 0.15) is 11.3 Å². The number of pyridine rings is 1. The van der Waals surface area contributed by atoms with Crippen LogP contribution in [0.15, 0.2) is 36.5 Å². The molecule has 6 heterocycles. The number of benzene rings is 1. The van der Waals surface area contributed by atoms with E-state index in [2.05, 4.69) is 20.1 Å². The van der Waals surface area contributed by atoms with Crippen LogP contribution in [0.4, 0.5) is 13.2 Å². The van der Waals surface area contributed by atoms with Gasteiger partial charge >= 0.3 is 6.18 Å². The second-order valence-electron chi connectivity index (χ2n) is 9.74. The monoisotopic (exact) mass is 560 g/mol. The molecule has 0 spiro atoms. The van der Waals surface area contributed by atoms with Crippen molar-refractivity contribution >= 4 is 28.5 Å². The van der Waals surface area contributed by atoms with E-state index in [-0.39, 0.29) is 38.1 Å². The first-order valence-electron chi connectivity index (χ1n) is 12.2. The highest BCUT2D eigenvalue weighted by Crippen LogP contribution is 2.32. The summed E-state index contributed by atoms with van der Waals surface area (Å²) in [5.74, 6) is -0.0935.